The Labute approximate surface area is 138 Å². The fourth-order valence-electron chi connectivity index (χ4n) is 2.51. The molecule has 1 aromatic heterocycles. The molecule has 5 heteroatoms. The monoisotopic (exact) mass is 332 g/mol. The van der Waals surface area contributed by atoms with E-state index in [0.29, 0.717) is 12.1 Å². The summed E-state index contributed by atoms with van der Waals surface area (Å²) in [5.41, 5.74) is 2.49. The number of halogens is 2. The van der Waals surface area contributed by atoms with Gasteiger partial charge < -0.3 is 4.57 Å². The van der Waals surface area contributed by atoms with Crippen LogP contribution in [0.25, 0.3) is 11.0 Å². The van der Waals surface area contributed by atoms with E-state index in [0.717, 1.165) is 40.9 Å². The molecule has 3 rings (SSSR count). The summed E-state index contributed by atoms with van der Waals surface area (Å²) in [5, 5.41) is 0.893. The predicted molar refractivity (Wildman–Crippen MR) is 90.8 cm³/mol. The topological polar surface area (TPSA) is 17.8 Å². The second-order valence-corrected chi connectivity index (χ2v) is 6.51. The summed E-state index contributed by atoms with van der Waals surface area (Å²) in [6.45, 7) is 2.56. The Balaban J connectivity index is 1.98. The SMILES string of the molecule is CCCCSc1nc2ccccc2n1Cc1cc(F)cc(F)c1. The van der Waals surface area contributed by atoms with Gasteiger partial charge in [-0.1, -0.05) is 37.2 Å². The molecule has 0 spiro atoms. The lowest BCUT2D eigenvalue weighted by molar-refractivity contribution is 0.576. The normalized spacial score (nSPS) is 11.3. The van der Waals surface area contributed by atoms with Crippen LogP contribution in [0.1, 0.15) is 25.3 Å². The number of hydrogen-bond donors (Lipinski definition) is 0. The van der Waals surface area contributed by atoms with Crippen molar-refractivity contribution < 1.29 is 8.78 Å². The standard InChI is InChI=1S/C18H18F2N2S/c1-2-3-8-23-18-21-16-6-4-5-7-17(16)22(18)12-13-9-14(19)11-15(20)10-13/h4-7,9-11H,2-3,8,12H2,1H3. The van der Waals surface area contributed by atoms with Crippen LogP contribution in [0.4, 0.5) is 8.78 Å². The molecule has 120 valence electrons. The largest absolute Gasteiger partial charge is 0.314 e. The number of thioether (sulfide) groups is 1. The van der Waals surface area contributed by atoms with Crippen molar-refractivity contribution in [2.45, 2.75) is 31.5 Å². The lowest BCUT2D eigenvalue weighted by Crippen LogP contribution is -2.03. The Bertz CT molecular complexity index is 794. The van der Waals surface area contributed by atoms with Crippen molar-refractivity contribution in [2.24, 2.45) is 0 Å². The van der Waals surface area contributed by atoms with E-state index in [-0.39, 0.29) is 0 Å². The Morgan fingerprint density at radius 3 is 2.57 bits per heavy atom. The van der Waals surface area contributed by atoms with Crippen molar-refractivity contribution >= 4 is 22.8 Å². The van der Waals surface area contributed by atoms with Crippen LogP contribution >= 0.6 is 11.8 Å². The first-order chi connectivity index (χ1) is 11.2. The quantitative estimate of drug-likeness (QED) is 0.453. The zero-order chi connectivity index (χ0) is 16.2. The highest BCUT2D eigenvalue weighted by Crippen LogP contribution is 2.26. The van der Waals surface area contributed by atoms with Gasteiger partial charge in [0.25, 0.3) is 0 Å². The first-order valence-corrected chi connectivity index (χ1v) is 8.69. The van der Waals surface area contributed by atoms with Crippen LogP contribution in [0.15, 0.2) is 47.6 Å². The molecule has 0 aliphatic heterocycles. The van der Waals surface area contributed by atoms with Crippen LogP contribution in [0.3, 0.4) is 0 Å². The van der Waals surface area contributed by atoms with Gasteiger partial charge in [-0.2, -0.15) is 0 Å². The van der Waals surface area contributed by atoms with Crippen molar-refractivity contribution in [1.82, 2.24) is 9.55 Å². The van der Waals surface area contributed by atoms with Gasteiger partial charge in [-0.3, -0.25) is 0 Å². The second kappa shape index (κ2) is 7.13. The molecular formula is C18H18F2N2S. The average molecular weight is 332 g/mol. The Kier molecular flexibility index (Phi) is 4.96. The van der Waals surface area contributed by atoms with Crippen LogP contribution in [-0.4, -0.2) is 15.3 Å². The number of imidazole rings is 1. The predicted octanol–water partition coefficient (Wildman–Crippen LogP) is 5.26. The lowest BCUT2D eigenvalue weighted by atomic mass is 10.2. The summed E-state index contributed by atoms with van der Waals surface area (Å²) >= 11 is 1.69. The molecule has 0 fully saturated rings. The van der Waals surface area contributed by atoms with Crippen LogP contribution in [0, 0.1) is 11.6 Å². The highest BCUT2D eigenvalue weighted by Gasteiger charge is 2.12. The number of unbranched alkanes of at least 4 members (excludes halogenated alkanes) is 1. The summed E-state index contributed by atoms with van der Waals surface area (Å²) in [6, 6.07) is 11.5. The maximum absolute atomic E-state index is 13.4. The van der Waals surface area contributed by atoms with E-state index in [2.05, 4.69) is 11.9 Å². The third-order valence-electron chi connectivity index (χ3n) is 3.61. The highest BCUT2D eigenvalue weighted by atomic mass is 32.2. The molecule has 0 unspecified atom stereocenters. The van der Waals surface area contributed by atoms with Crippen molar-refractivity contribution in [3.63, 3.8) is 0 Å². The van der Waals surface area contributed by atoms with E-state index in [9.17, 15) is 8.78 Å². The zero-order valence-corrected chi connectivity index (χ0v) is 13.7. The van der Waals surface area contributed by atoms with E-state index < -0.39 is 11.6 Å². The maximum Gasteiger partial charge on any atom is 0.169 e. The Morgan fingerprint density at radius 1 is 1.09 bits per heavy atom. The van der Waals surface area contributed by atoms with Gasteiger partial charge >= 0.3 is 0 Å². The number of benzene rings is 2. The molecule has 0 radical (unpaired) electrons. The van der Waals surface area contributed by atoms with E-state index in [1.165, 1.54) is 12.1 Å². The molecule has 3 aromatic rings. The number of para-hydroxylation sites is 2. The van der Waals surface area contributed by atoms with E-state index in [1.54, 1.807) is 11.8 Å². The fourth-order valence-corrected chi connectivity index (χ4v) is 3.61. The van der Waals surface area contributed by atoms with Gasteiger partial charge in [0.1, 0.15) is 11.6 Å². The van der Waals surface area contributed by atoms with Crippen molar-refractivity contribution in [1.29, 1.82) is 0 Å². The molecule has 0 saturated carbocycles. The molecule has 0 saturated heterocycles. The van der Waals surface area contributed by atoms with E-state index in [1.807, 2.05) is 28.8 Å². The van der Waals surface area contributed by atoms with E-state index in [4.69, 9.17) is 0 Å². The van der Waals surface area contributed by atoms with Gasteiger partial charge in [-0.05, 0) is 36.2 Å². The zero-order valence-electron chi connectivity index (χ0n) is 12.9. The molecule has 0 atom stereocenters. The molecule has 2 nitrogen and oxygen atoms in total. The summed E-state index contributed by atoms with van der Waals surface area (Å²) in [4.78, 5) is 4.66. The minimum atomic E-state index is -0.551. The molecule has 0 aliphatic carbocycles. The van der Waals surface area contributed by atoms with Gasteiger partial charge in [0, 0.05) is 11.8 Å². The third-order valence-corrected chi connectivity index (χ3v) is 4.67. The highest BCUT2D eigenvalue weighted by molar-refractivity contribution is 7.99. The van der Waals surface area contributed by atoms with Gasteiger partial charge in [0.2, 0.25) is 0 Å². The number of nitrogens with zero attached hydrogens (tertiary/aromatic N) is 2. The third kappa shape index (κ3) is 3.72. The lowest BCUT2D eigenvalue weighted by Gasteiger charge is -2.09. The van der Waals surface area contributed by atoms with Crippen LogP contribution < -0.4 is 0 Å². The number of aromatic nitrogens is 2. The second-order valence-electron chi connectivity index (χ2n) is 5.45. The maximum atomic E-state index is 13.4. The first-order valence-electron chi connectivity index (χ1n) is 7.70. The molecule has 0 aliphatic rings. The molecule has 0 bridgehead atoms. The van der Waals surface area contributed by atoms with Crippen molar-refractivity contribution in [3.8, 4) is 0 Å². The van der Waals surface area contributed by atoms with Gasteiger partial charge in [0.05, 0.1) is 17.6 Å². The van der Waals surface area contributed by atoms with Gasteiger partial charge in [-0.15, -0.1) is 0 Å². The minimum Gasteiger partial charge on any atom is -0.314 e. The smallest absolute Gasteiger partial charge is 0.169 e. The van der Waals surface area contributed by atoms with Gasteiger partial charge in [-0.25, -0.2) is 13.8 Å². The van der Waals surface area contributed by atoms with E-state index >= 15 is 0 Å². The van der Waals surface area contributed by atoms with Crippen molar-refractivity contribution in [3.05, 3.63) is 59.7 Å². The Morgan fingerprint density at radius 2 is 1.83 bits per heavy atom. The average Bonchev–Trinajstić information content (AvgIpc) is 2.85. The number of hydrogen-bond acceptors (Lipinski definition) is 2. The summed E-state index contributed by atoms with van der Waals surface area (Å²) in [7, 11) is 0. The molecule has 2 aromatic carbocycles. The summed E-state index contributed by atoms with van der Waals surface area (Å²) in [6.07, 6.45) is 2.24. The summed E-state index contributed by atoms with van der Waals surface area (Å²) in [5.74, 6) is -0.119. The molecular weight excluding hydrogens is 314 g/mol. The minimum absolute atomic E-state index is 0.406. The van der Waals surface area contributed by atoms with Crippen LogP contribution in [-0.2, 0) is 6.54 Å². The van der Waals surface area contributed by atoms with Crippen molar-refractivity contribution in [2.75, 3.05) is 5.75 Å². The number of fused-ring (bicyclic) bond motifs is 1. The Hall–Kier alpha value is -1.88. The molecule has 1 heterocycles. The van der Waals surface area contributed by atoms with Crippen LogP contribution in [0.2, 0.25) is 0 Å². The fraction of sp³-hybridized carbons (Fsp3) is 0.278. The number of rotatable bonds is 6. The molecule has 0 N–H and O–H groups in total. The summed E-state index contributed by atoms with van der Waals surface area (Å²) < 4.78 is 28.9. The molecule has 23 heavy (non-hydrogen) atoms. The van der Waals surface area contributed by atoms with Crippen LogP contribution in [0.5, 0.6) is 0 Å². The van der Waals surface area contributed by atoms with Gasteiger partial charge in [0.15, 0.2) is 5.16 Å². The molecule has 0 amide bonds. The first kappa shape index (κ1) is 16.0.